The number of rotatable bonds is 6. The number of thiophene rings is 1. The maximum atomic E-state index is 2.50. The molecule has 0 spiro atoms. The van der Waals surface area contributed by atoms with Crippen molar-refractivity contribution in [3.05, 3.63) is 247 Å². The van der Waals surface area contributed by atoms with E-state index in [1.807, 2.05) is 11.3 Å². The summed E-state index contributed by atoms with van der Waals surface area (Å²) >= 11 is 1.87. The third-order valence-corrected chi connectivity index (χ3v) is 13.8. The predicted octanol–water partition coefficient (Wildman–Crippen LogP) is 15.9. The fourth-order valence-electron chi connectivity index (χ4n) is 10.1. The van der Waals surface area contributed by atoms with Gasteiger partial charge in [0.2, 0.25) is 0 Å². The molecule has 10 aromatic carbocycles. The van der Waals surface area contributed by atoms with Crippen LogP contribution in [0.2, 0.25) is 0 Å². The van der Waals surface area contributed by atoms with Gasteiger partial charge < -0.3 is 4.90 Å². The molecule has 0 unspecified atom stereocenters. The number of hydrogen-bond donors (Lipinski definition) is 0. The summed E-state index contributed by atoms with van der Waals surface area (Å²) in [5.74, 6) is 0. The van der Waals surface area contributed by atoms with Crippen molar-refractivity contribution < 1.29 is 0 Å². The summed E-state index contributed by atoms with van der Waals surface area (Å²) in [6, 6.07) is 83.1. The zero-order valence-corrected chi connectivity index (χ0v) is 33.0. The first-order valence-electron chi connectivity index (χ1n) is 20.3. The van der Waals surface area contributed by atoms with E-state index in [0.29, 0.717) is 0 Å². The Kier molecular flexibility index (Phi) is 7.69. The quantitative estimate of drug-likeness (QED) is 0.152. The molecule has 1 aromatic heterocycles. The molecule has 11 aromatic rings. The van der Waals surface area contributed by atoms with Crippen LogP contribution in [-0.4, -0.2) is 0 Å². The highest BCUT2D eigenvalue weighted by atomic mass is 32.1. The van der Waals surface area contributed by atoms with Crippen molar-refractivity contribution in [1.82, 2.24) is 0 Å². The number of nitrogens with zero attached hydrogens (tertiary/aromatic N) is 1. The molecule has 0 N–H and O–H groups in total. The van der Waals surface area contributed by atoms with E-state index in [4.69, 9.17) is 0 Å². The molecule has 59 heavy (non-hydrogen) atoms. The summed E-state index contributed by atoms with van der Waals surface area (Å²) < 4.78 is 2.57. The van der Waals surface area contributed by atoms with Crippen LogP contribution in [0.25, 0.3) is 64.0 Å². The summed E-state index contributed by atoms with van der Waals surface area (Å²) in [5.41, 5.74) is 13.1. The predicted molar refractivity (Wildman–Crippen MR) is 252 cm³/mol. The van der Waals surface area contributed by atoms with Gasteiger partial charge in [0.1, 0.15) is 0 Å². The van der Waals surface area contributed by atoms with Crippen LogP contribution in [-0.2, 0) is 5.41 Å². The number of benzene rings is 10. The number of fused-ring (bicyclic) bond motifs is 9. The lowest BCUT2D eigenvalue weighted by Gasteiger charge is -2.34. The number of anilines is 3. The van der Waals surface area contributed by atoms with Crippen LogP contribution >= 0.6 is 11.3 Å². The molecule has 276 valence electrons. The van der Waals surface area contributed by atoms with Gasteiger partial charge in [-0.3, -0.25) is 0 Å². The lowest BCUT2D eigenvalue weighted by atomic mass is 9.68. The van der Waals surface area contributed by atoms with Crippen LogP contribution in [0, 0.1) is 0 Å². The van der Waals surface area contributed by atoms with E-state index in [9.17, 15) is 0 Å². The van der Waals surface area contributed by atoms with Crippen LogP contribution in [0.15, 0.2) is 224 Å². The van der Waals surface area contributed by atoms with Crippen molar-refractivity contribution in [1.29, 1.82) is 0 Å². The fraction of sp³-hybridized carbons (Fsp3) is 0.0175. The third kappa shape index (κ3) is 5.03. The Labute approximate surface area is 347 Å². The summed E-state index contributed by atoms with van der Waals surface area (Å²) in [6.07, 6.45) is 0. The molecule has 1 aliphatic carbocycles. The second-order valence-electron chi connectivity index (χ2n) is 15.5. The van der Waals surface area contributed by atoms with Gasteiger partial charge in [0.05, 0.1) is 21.5 Å². The molecule has 0 bridgehead atoms. The standard InChI is InChI=1S/C57H37NS/c1-2-17-39(18-3-1)57(51-27-10-6-20-46(51)47-21-7-11-28-52(47)57)40-33-35-41(36-34-40)58(54-30-15-26-50-49-23-9-13-31-55(49)59-56(50)54)53-29-12-8-22-48(53)44-25-14-24-43-42-19-5-4-16-38(42)32-37-45(43)44/h1-37H. The topological polar surface area (TPSA) is 3.24 Å². The molecule has 0 aliphatic heterocycles. The first-order valence-corrected chi connectivity index (χ1v) is 21.2. The Morgan fingerprint density at radius 1 is 0.322 bits per heavy atom. The molecule has 0 radical (unpaired) electrons. The summed E-state index contributed by atoms with van der Waals surface area (Å²) in [7, 11) is 0. The summed E-state index contributed by atoms with van der Waals surface area (Å²) in [4.78, 5) is 2.50. The molecule has 0 saturated heterocycles. The Morgan fingerprint density at radius 2 is 0.881 bits per heavy atom. The number of hydrogen-bond acceptors (Lipinski definition) is 2. The molecule has 0 saturated carbocycles. The maximum absolute atomic E-state index is 2.50. The van der Waals surface area contributed by atoms with Crippen LogP contribution in [0.3, 0.4) is 0 Å². The van der Waals surface area contributed by atoms with E-state index in [1.54, 1.807) is 0 Å². The highest BCUT2D eigenvalue weighted by Gasteiger charge is 2.45. The zero-order chi connectivity index (χ0) is 38.9. The van der Waals surface area contributed by atoms with E-state index in [0.717, 1.165) is 11.4 Å². The fourth-order valence-corrected chi connectivity index (χ4v) is 11.3. The smallest absolute Gasteiger partial charge is 0.0713 e. The molecule has 1 nitrogen and oxygen atoms in total. The van der Waals surface area contributed by atoms with E-state index in [-0.39, 0.29) is 0 Å². The second-order valence-corrected chi connectivity index (χ2v) is 16.6. The highest BCUT2D eigenvalue weighted by Crippen LogP contribution is 2.56. The van der Waals surface area contributed by atoms with E-state index in [2.05, 4.69) is 229 Å². The minimum absolute atomic E-state index is 0.465. The average molecular weight is 768 g/mol. The monoisotopic (exact) mass is 767 g/mol. The van der Waals surface area contributed by atoms with Gasteiger partial charge in [-0.1, -0.05) is 194 Å². The largest absolute Gasteiger partial charge is 0.308 e. The maximum Gasteiger partial charge on any atom is 0.0713 e. The van der Waals surface area contributed by atoms with Crippen LogP contribution in [0.1, 0.15) is 22.3 Å². The zero-order valence-electron chi connectivity index (χ0n) is 32.2. The van der Waals surface area contributed by atoms with Gasteiger partial charge >= 0.3 is 0 Å². The molecule has 1 heterocycles. The van der Waals surface area contributed by atoms with Crippen LogP contribution < -0.4 is 4.90 Å². The van der Waals surface area contributed by atoms with Crippen molar-refractivity contribution in [3.63, 3.8) is 0 Å². The van der Waals surface area contributed by atoms with Crippen molar-refractivity contribution in [2.45, 2.75) is 5.41 Å². The van der Waals surface area contributed by atoms with Gasteiger partial charge in [0, 0.05) is 26.7 Å². The number of para-hydroxylation sites is 1. The molecular formula is C57H37NS. The van der Waals surface area contributed by atoms with Crippen molar-refractivity contribution in [2.24, 2.45) is 0 Å². The first kappa shape index (κ1) is 33.8. The van der Waals surface area contributed by atoms with Crippen LogP contribution in [0.4, 0.5) is 17.1 Å². The lowest BCUT2D eigenvalue weighted by Crippen LogP contribution is -2.28. The van der Waals surface area contributed by atoms with Gasteiger partial charge in [-0.25, -0.2) is 0 Å². The Balaban J connectivity index is 1.11. The molecule has 0 atom stereocenters. The van der Waals surface area contributed by atoms with E-state index in [1.165, 1.54) is 91.9 Å². The molecule has 2 heteroatoms. The second kappa shape index (κ2) is 13.4. The van der Waals surface area contributed by atoms with Gasteiger partial charge in [-0.15, -0.1) is 11.3 Å². The van der Waals surface area contributed by atoms with Crippen molar-refractivity contribution >= 4 is 70.1 Å². The van der Waals surface area contributed by atoms with Gasteiger partial charge in [-0.05, 0) is 90.8 Å². The first-order chi connectivity index (χ1) is 29.3. The van der Waals surface area contributed by atoms with Crippen molar-refractivity contribution in [2.75, 3.05) is 4.90 Å². The normalized spacial score (nSPS) is 12.9. The van der Waals surface area contributed by atoms with Crippen LogP contribution in [0.5, 0.6) is 0 Å². The SMILES string of the molecule is c1ccc(C2(c3ccc(N(c4ccccc4-c4cccc5c4ccc4ccccc45)c4cccc5c4sc4ccccc45)cc3)c3ccccc3-c3ccccc32)cc1. The minimum Gasteiger partial charge on any atom is -0.308 e. The lowest BCUT2D eigenvalue weighted by molar-refractivity contribution is 0.768. The summed E-state index contributed by atoms with van der Waals surface area (Å²) in [6.45, 7) is 0. The minimum atomic E-state index is -0.465. The molecule has 12 rings (SSSR count). The third-order valence-electron chi connectivity index (χ3n) is 12.6. The molecule has 0 fully saturated rings. The highest BCUT2D eigenvalue weighted by molar-refractivity contribution is 7.26. The Hall–Kier alpha value is -7.26. The Morgan fingerprint density at radius 3 is 1.68 bits per heavy atom. The Bertz CT molecular complexity index is 3350. The average Bonchev–Trinajstić information content (AvgIpc) is 3.84. The van der Waals surface area contributed by atoms with Gasteiger partial charge in [-0.2, -0.15) is 0 Å². The van der Waals surface area contributed by atoms with Crippen molar-refractivity contribution in [3.8, 4) is 22.3 Å². The summed E-state index contributed by atoms with van der Waals surface area (Å²) in [5, 5.41) is 7.61. The van der Waals surface area contributed by atoms with E-state index >= 15 is 0 Å². The molecule has 1 aliphatic rings. The van der Waals surface area contributed by atoms with Gasteiger partial charge in [0.25, 0.3) is 0 Å². The molecular weight excluding hydrogens is 731 g/mol. The van der Waals surface area contributed by atoms with Gasteiger partial charge in [0.15, 0.2) is 0 Å². The van der Waals surface area contributed by atoms with E-state index < -0.39 is 5.41 Å². The molecule has 0 amide bonds.